The van der Waals surface area contributed by atoms with Gasteiger partial charge < -0.3 is 15.0 Å². The van der Waals surface area contributed by atoms with E-state index in [1.165, 1.54) is 12.1 Å². The molecule has 0 unspecified atom stereocenters. The van der Waals surface area contributed by atoms with Gasteiger partial charge in [-0.3, -0.25) is 4.79 Å². The maximum atomic E-state index is 13.4. The summed E-state index contributed by atoms with van der Waals surface area (Å²) in [5.41, 5.74) is 4.50. The number of amides is 1. The van der Waals surface area contributed by atoms with Gasteiger partial charge in [0.25, 0.3) is 5.91 Å². The molecular formula is C23H20FN3O2. The molecule has 1 amide bonds. The van der Waals surface area contributed by atoms with Crippen LogP contribution in [0.15, 0.2) is 60.8 Å². The summed E-state index contributed by atoms with van der Waals surface area (Å²) in [4.78, 5) is 20.2. The molecule has 0 saturated carbocycles. The van der Waals surface area contributed by atoms with E-state index in [2.05, 4.69) is 15.3 Å². The fraction of sp³-hybridized carbons (Fsp3) is 0.130. The lowest BCUT2D eigenvalue weighted by Crippen LogP contribution is -2.23. The van der Waals surface area contributed by atoms with Gasteiger partial charge >= 0.3 is 0 Å². The number of aromatic nitrogens is 2. The normalized spacial score (nSPS) is 10.9. The van der Waals surface area contributed by atoms with Crippen LogP contribution in [0, 0.1) is 19.7 Å². The van der Waals surface area contributed by atoms with E-state index in [1.54, 1.807) is 30.5 Å². The van der Waals surface area contributed by atoms with Gasteiger partial charge in [0.1, 0.15) is 11.6 Å². The fourth-order valence-electron chi connectivity index (χ4n) is 3.17. The molecule has 0 radical (unpaired) electrons. The van der Waals surface area contributed by atoms with Crippen molar-refractivity contribution in [2.24, 2.45) is 0 Å². The molecule has 29 heavy (non-hydrogen) atoms. The van der Waals surface area contributed by atoms with Crippen LogP contribution in [0.5, 0.6) is 11.6 Å². The summed E-state index contributed by atoms with van der Waals surface area (Å²) in [7, 11) is 0. The Labute approximate surface area is 167 Å². The topological polar surface area (TPSA) is 67.0 Å². The number of aryl methyl sites for hydroxylation is 2. The van der Waals surface area contributed by atoms with Crippen molar-refractivity contribution >= 4 is 16.8 Å². The predicted molar refractivity (Wildman–Crippen MR) is 110 cm³/mol. The molecule has 4 rings (SSSR count). The summed E-state index contributed by atoms with van der Waals surface area (Å²) in [5.74, 6) is 0.0932. The van der Waals surface area contributed by atoms with E-state index in [-0.39, 0.29) is 18.3 Å². The van der Waals surface area contributed by atoms with Crippen molar-refractivity contribution < 1.29 is 13.9 Å². The van der Waals surface area contributed by atoms with Crippen LogP contribution in [0.3, 0.4) is 0 Å². The molecule has 146 valence electrons. The Bertz CT molecular complexity index is 1200. The van der Waals surface area contributed by atoms with Gasteiger partial charge in [-0.25, -0.2) is 9.37 Å². The minimum atomic E-state index is -0.390. The monoisotopic (exact) mass is 389 g/mol. The zero-order chi connectivity index (χ0) is 20.4. The Morgan fingerprint density at radius 1 is 1.14 bits per heavy atom. The summed E-state index contributed by atoms with van der Waals surface area (Å²) in [5, 5.41) is 3.93. The highest BCUT2D eigenvalue weighted by atomic mass is 19.1. The molecule has 0 spiro atoms. The molecule has 6 heteroatoms. The van der Waals surface area contributed by atoms with Crippen molar-refractivity contribution in [3.05, 3.63) is 89.0 Å². The number of aromatic amines is 1. The molecule has 4 aromatic rings. The van der Waals surface area contributed by atoms with Gasteiger partial charge in [-0.15, -0.1) is 0 Å². The summed E-state index contributed by atoms with van der Waals surface area (Å²) in [6, 6.07) is 15.0. The molecule has 0 aliphatic heterocycles. The van der Waals surface area contributed by atoms with Crippen LogP contribution in [0.2, 0.25) is 0 Å². The fourth-order valence-corrected chi connectivity index (χ4v) is 3.17. The number of carbonyl (C=O) groups excluding carboxylic acids is 1. The minimum absolute atomic E-state index is 0.189. The number of fused-ring (bicyclic) bond motifs is 1. The molecule has 0 bridgehead atoms. The lowest BCUT2D eigenvalue weighted by molar-refractivity contribution is 0.0951. The lowest BCUT2D eigenvalue weighted by Gasteiger charge is -2.11. The van der Waals surface area contributed by atoms with Crippen molar-refractivity contribution in [2.45, 2.75) is 20.4 Å². The maximum Gasteiger partial charge on any atom is 0.251 e. The van der Waals surface area contributed by atoms with E-state index in [4.69, 9.17) is 4.74 Å². The highest BCUT2D eigenvalue weighted by molar-refractivity contribution is 5.99. The molecule has 0 aliphatic rings. The van der Waals surface area contributed by atoms with E-state index in [0.717, 1.165) is 22.2 Å². The third-order valence-corrected chi connectivity index (χ3v) is 4.87. The van der Waals surface area contributed by atoms with Crippen molar-refractivity contribution in [1.29, 1.82) is 0 Å². The van der Waals surface area contributed by atoms with Crippen LogP contribution in [0.1, 0.15) is 27.2 Å². The first-order valence-electron chi connectivity index (χ1n) is 9.26. The van der Waals surface area contributed by atoms with E-state index in [0.29, 0.717) is 22.8 Å². The number of rotatable bonds is 5. The minimum Gasteiger partial charge on any atom is -0.439 e. The van der Waals surface area contributed by atoms with Crippen LogP contribution < -0.4 is 10.1 Å². The molecule has 0 atom stereocenters. The molecule has 2 N–H and O–H groups in total. The van der Waals surface area contributed by atoms with Gasteiger partial charge in [-0.05, 0) is 55.8 Å². The number of carbonyl (C=O) groups is 1. The largest absolute Gasteiger partial charge is 0.439 e. The van der Waals surface area contributed by atoms with E-state index in [9.17, 15) is 9.18 Å². The van der Waals surface area contributed by atoms with Crippen molar-refractivity contribution in [2.75, 3.05) is 0 Å². The van der Waals surface area contributed by atoms with Crippen LogP contribution in [0.4, 0.5) is 4.39 Å². The van der Waals surface area contributed by atoms with Crippen molar-refractivity contribution in [1.82, 2.24) is 15.3 Å². The average molecular weight is 389 g/mol. The van der Waals surface area contributed by atoms with Gasteiger partial charge in [-0.2, -0.15) is 0 Å². The number of nitrogens with one attached hydrogen (secondary N) is 2. The molecule has 0 aliphatic carbocycles. The SMILES string of the molecule is Cc1[nH]c2ccc(C(=O)NCc3cccnc3Oc3cccc(F)c3)cc2c1C. The van der Waals surface area contributed by atoms with Crippen LogP contribution in [-0.4, -0.2) is 15.9 Å². The molecule has 2 aromatic heterocycles. The Hall–Kier alpha value is -3.67. The first kappa shape index (κ1) is 18.7. The van der Waals surface area contributed by atoms with Gasteiger partial charge in [0.2, 0.25) is 5.88 Å². The molecule has 0 saturated heterocycles. The molecule has 0 fully saturated rings. The van der Waals surface area contributed by atoms with Crippen LogP contribution in [-0.2, 0) is 6.54 Å². The number of hydrogen-bond acceptors (Lipinski definition) is 3. The number of ether oxygens (including phenoxy) is 1. The first-order valence-corrected chi connectivity index (χ1v) is 9.26. The molecule has 2 heterocycles. The van der Waals surface area contributed by atoms with Gasteiger partial charge in [0.05, 0.1) is 0 Å². The van der Waals surface area contributed by atoms with Crippen LogP contribution >= 0.6 is 0 Å². The summed E-state index contributed by atoms with van der Waals surface area (Å²) in [6.45, 7) is 4.28. The van der Waals surface area contributed by atoms with Gasteiger partial charge in [0, 0.05) is 46.5 Å². The standard InChI is InChI=1S/C23H20FN3O2/c1-14-15(2)27-21-9-8-16(11-20(14)21)22(28)26-13-17-5-4-10-25-23(17)29-19-7-3-6-18(24)12-19/h3-12,27H,13H2,1-2H3,(H,26,28). The van der Waals surface area contributed by atoms with Crippen molar-refractivity contribution in [3.8, 4) is 11.6 Å². The maximum absolute atomic E-state index is 13.4. The Kier molecular flexibility index (Phi) is 4.99. The summed E-state index contributed by atoms with van der Waals surface area (Å²) >= 11 is 0. The number of pyridine rings is 1. The van der Waals surface area contributed by atoms with E-state index >= 15 is 0 Å². The second-order valence-corrected chi connectivity index (χ2v) is 6.85. The molecule has 2 aromatic carbocycles. The second-order valence-electron chi connectivity index (χ2n) is 6.85. The van der Waals surface area contributed by atoms with E-state index in [1.807, 2.05) is 32.0 Å². The lowest BCUT2D eigenvalue weighted by atomic mass is 10.1. The second kappa shape index (κ2) is 7.75. The third kappa shape index (κ3) is 3.96. The Morgan fingerprint density at radius 2 is 2.00 bits per heavy atom. The van der Waals surface area contributed by atoms with Crippen LogP contribution in [0.25, 0.3) is 10.9 Å². The number of hydrogen-bond donors (Lipinski definition) is 2. The smallest absolute Gasteiger partial charge is 0.251 e. The highest BCUT2D eigenvalue weighted by Gasteiger charge is 2.12. The first-order chi connectivity index (χ1) is 14.0. The summed E-state index contributed by atoms with van der Waals surface area (Å²) < 4.78 is 19.1. The van der Waals surface area contributed by atoms with Crippen molar-refractivity contribution in [3.63, 3.8) is 0 Å². The average Bonchev–Trinajstić information content (AvgIpc) is 3.00. The van der Waals surface area contributed by atoms with Gasteiger partial charge in [0.15, 0.2) is 0 Å². The Morgan fingerprint density at radius 3 is 2.83 bits per heavy atom. The number of H-pyrrole nitrogens is 1. The molecule has 5 nitrogen and oxygen atoms in total. The predicted octanol–water partition coefficient (Wildman–Crippen LogP) is 5.04. The quantitative estimate of drug-likeness (QED) is 0.502. The number of benzene rings is 2. The van der Waals surface area contributed by atoms with E-state index < -0.39 is 0 Å². The van der Waals surface area contributed by atoms with Gasteiger partial charge in [-0.1, -0.05) is 12.1 Å². The molecular weight excluding hydrogens is 369 g/mol. The zero-order valence-corrected chi connectivity index (χ0v) is 16.1. The zero-order valence-electron chi connectivity index (χ0n) is 16.1. The number of halogens is 1. The summed E-state index contributed by atoms with van der Waals surface area (Å²) in [6.07, 6.45) is 1.59. The Balaban J connectivity index is 1.50. The highest BCUT2D eigenvalue weighted by Crippen LogP contribution is 2.24. The number of nitrogens with zero attached hydrogens (tertiary/aromatic N) is 1. The third-order valence-electron chi connectivity index (χ3n) is 4.87.